The molecule has 0 saturated carbocycles. The number of hydrogen-bond acceptors (Lipinski definition) is 5. The lowest BCUT2D eigenvalue weighted by molar-refractivity contribution is -0.137. The van der Waals surface area contributed by atoms with Crippen molar-refractivity contribution in [3.05, 3.63) is 89.5 Å². The van der Waals surface area contributed by atoms with E-state index in [2.05, 4.69) is 10.3 Å². The van der Waals surface area contributed by atoms with Gasteiger partial charge in [-0.3, -0.25) is 14.5 Å². The zero-order valence-electron chi connectivity index (χ0n) is 20.1. The molecule has 37 heavy (non-hydrogen) atoms. The summed E-state index contributed by atoms with van der Waals surface area (Å²) in [6.45, 7) is 2.03. The van der Waals surface area contributed by atoms with Crippen molar-refractivity contribution in [2.45, 2.75) is 31.3 Å². The number of carbonyl (C=O) groups excluding carboxylic acids is 2. The highest BCUT2D eigenvalue weighted by Crippen LogP contribution is 2.34. The summed E-state index contributed by atoms with van der Waals surface area (Å²) in [6, 6.07) is 18.9. The second kappa shape index (κ2) is 11.1. The van der Waals surface area contributed by atoms with Gasteiger partial charge in [-0.05, 0) is 60.5 Å². The molecule has 0 radical (unpaired) electrons. The number of methoxy groups -OCH3 is 1. The number of amides is 2. The number of halogens is 3. The van der Waals surface area contributed by atoms with E-state index in [0.717, 1.165) is 35.0 Å². The quantitative estimate of drug-likeness (QED) is 0.416. The molecule has 2 amide bonds. The van der Waals surface area contributed by atoms with Crippen LogP contribution in [0.15, 0.2) is 77.8 Å². The van der Waals surface area contributed by atoms with Crippen LogP contribution in [0.25, 0.3) is 0 Å². The van der Waals surface area contributed by atoms with Gasteiger partial charge >= 0.3 is 6.18 Å². The standard InChI is InChI=1S/C27H24F3N3O3S/c1-17-5-3-7-20(13-17)31-25(35)23-15-24(34)33(16-18-9-11-22(36-2)12-10-18)26(37-23)32-21-8-4-6-19(14-21)27(28,29)30/h3-14,23H,15-16H2,1-2H3,(H,31,35). The van der Waals surface area contributed by atoms with E-state index in [9.17, 15) is 22.8 Å². The number of carbonyl (C=O) groups is 2. The first-order valence-electron chi connectivity index (χ1n) is 11.4. The van der Waals surface area contributed by atoms with E-state index in [4.69, 9.17) is 4.74 Å². The summed E-state index contributed by atoms with van der Waals surface area (Å²) in [5.74, 6) is -0.0942. The molecule has 0 spiro atoms. The highest BCUT2D eigenvalue weighted by Gasteiger charge is 2.36. The van der Waals surface area contributed by atoms with E-state index in [1.165, 1.54) is 17.0 Å². The van der Waals surface area contributed by atoms with Gasteiger partial charge < -0.3 is 10.1 Å². The molecule has 1 N–H and O–H groups in total. The number of anilines is 1. The molecule has 0 aliphatic carbocycles. The van der Waals surface area contributed by atoms with Gasteiger partial charge in [0.1, 0.15) is 11.0 Å². The predicted molar refractivity (Wildman–Crippen MR) is 138 cm³/mol. The fourth-order valence-corrected chi connectivity index (χ4v) is 4.82. The lowest BCUT2D eigenvalue weighted by Crippen LogP contribution is -2.44. The Morgan fingerprint density at radius 2 is 1.84 bits per heavy atom. The number of rotatable bonds is 6. The van der Waals surface area contributed by atoms with Crippen LogP contribution in [0.2, 0.25) is 0 Å². The highest BCUT2D eigenvalue weighted by molar-refractivity contribution is 8.15. The molecule has 4 rings (SSSR count). The number of ether oxygens (including phenoxy) is 1. The number of benzene rings is 3. The van der Waals surface area contributed by atoms with Crippen LogP contribution in [0, 0.1) is 6.92 Å². The summed E-state index contributed by atoms with van der Waals surface area (Å²) in [5.41, 5.74) is 1.51. The summed E-state index contributed by atoms with van der Waals surface area (Å²) < 4.78 is 44.9. The largest absolute Gasteiger partial charge is 0.497 e. The number of hydrogen-bond donors (Lipinski definition) is 1. The summed E-state index contributed by atoms with van der Waals surface area (Å²) >= 11 is 1.05. The van der Waals surface area contributed by atoms with Crippen molar-refractivity contribution in [2.24, 2.45) is 4.99 Å². The van der Waals surface area contributed by atoms with Crippen LogP contribution >= 0.6 is 11.8 Å². The minimum atomic E-state index is -4.54. The maximum Gasteiger partial charge on any atom is 0.416 e. The maximum atomic E-state index is 13.3. The van der Waals surface area contributed by atoms with Gasteiger partial charge in [-0.25, -0.2) is 4.99 Å². The second-order valence-corrected chi connectivity index (χ2v) is 9.61. The van der Waals surface area contributed by atoms with Crippen LogP contribution in [0.3, 0.4) is 0 Å². The van der Waals surface area contributed by atoms with Gasteiger partial charge in [0.15, 0.2) is 5.17 Å². The molecule has 1 fully saturated rings. The van der Waals surface area contributed by atoms with Crippen molar-refractivity contribution in [3.63, 3.8) is 0 Å². The molecule has 1 aliphatic heterocycles. The first-order valence-corrected chi connectivity index (χ1v) is 12.2. The van der Waals surface area contributed by atoms with Gasteiger partial charge in [0.25, 0.3) is 0 Å². The molecule has 1 aliphatic rings. The van der Waals surface area contributed by atoms with E-state index in [-0.39, 0.29) is 35.6 Å². The minimum Gasteiger partial charge on any atom is -0.497 e. The number of amidine groups is 1. The van der Waals surface area contributed by atoms with Crippen LogP contribution < -0.4 is 10.1 Å². The van der Waals surface area contributed by atoms with Gasteiger partial charge in [0, 0.05) is 12.1 Å². The molecule has 1 saturated heterocycles. The Labute approximate surface area is 216 Å². The van der Waals surface area contributed by atoms with Crippen molar-refractivity contribution in [1.29, 1.82) is 0 Å². The lowest BCUT2D eigenvalue weighted by Gasteiger charge is -2.32. The number of aliphatic imine (C=N–C) groups is 1. The molecular formula is C27H24F3N3O3S. The average Bonchev–Trinajstić information content (AvgIpc) is 2.86. The van der Waals surface area contributed by atoms with Crippen LogP contribution in [-0.4, -0.2) is 34.2 Å². The van der Waals surface area contributed by atoms with Gasteiger partial charge in [-0.1, -0.05) is 42.1 Å². The van der Waals surface area contributed by atoms with E-state index in [1.807, 2.05) is 13.0 Å². The fourth-order valence-electron chi connectivity index (χ4n) is 3.72. The third-order valence-corrected chi connectivity index (χ3v) is 6.80. The van der Waals surface area contributed by atoms with Crippen LogP contribution in [0.5, 0.6) is 5.75 Å². The molecule has 3 aromatic carbocycles. The van der Waals surface area contributed by atoms with E-state index in [1.54, 1.807) is 49.6 Å². The van der Waals surface area contributed by atoms with Crippen molar-refractivity contribution < 1.29 is 27.5 Å². The molecule has 1 unspecified atom stereocenters. The Hall–Kier alpha value is -3.79. The van der Waals surface area contributed by atoms with Gasteiger partial charge in [-0.15, -0.1) is 0 Å². The number of alkyl halides is 3. The van der Waals surface area contributed by atoms with Gasteiger partial charge in [-0.2, -0.15) is 13.2 Å². The fraction of sp³-hybridized carbons (Fsp3) is 0.222. The van der Waals surface area contributed by atoms with Crippen molar-refractivity contribution in [1.82, 2.24) is 4.90 Å². The molecule has 10 heteroatoms. The van der Waals surface area contributed by atoms with Crippen molar-refractivity contribution in [2.75, 3.05) is 12.4 Å². The lowest BCUT2D eigenvalue weighted by atomic mass is 10.1. The molecular weight excluding hydrogens is 503 g/mol. The predicted octanol–water partition coefficient (Wildman–Crippen LogP) is 6.18. The topological polar surface area (TPSA) is 71.0 Å². The molecule has 3 aromatic rings. The summed E-state index contributed by atoms with van der Waals surface area (Å²) in [7, 11) is 1.54. The molecule has 6 nitrogen and oxygen atoms in total. The molecule has 0 bridgehead atoms. The van der Waals surface area contributed by atoms with Gasteiger partial charge in [0.2, 0.25) is 11.8 Å². The Kier molecular flexibility index (Phi) is 7.87. The first-order chi connectivity index (χ1) is 17.6. The average molecular weight is 528 g/mol. The normalized spacial score (nSPS) is 17.1. The van der Waals surface area contributed by atoms with Crippen molar-refractivity contribution >= 4 is 40.1 Å². The SMILES string of the molecule is COc1ccc(CN2C(=O)CC(C(=O)Nc3cccc(C)c3)SC2=Nc2cccc(C(F)(F)F)c2)cc1. The van der Waals surface area contributed by atoms with Crippen LogP contribution in [-0.2, 0) is 22.3 Å². The Morgan fingerprint density at radius 3 is 2.51 bits per heavy atom. The van der Waals surface area contributed by atoms with Crippen molar-refractivity contribution in [3.8, 4) is 5.75 Å². The number of aryl methyl sites for hydroxylation is 1. The number of nitrogens with one attached hydrogen (secondary N) is 1. The Bertz CT molecular complexity index is 1330. The summed E-state index contributed by atoms with van der Waals surface area (Å²) in [5, 5.41) is 2.16. The maximum absolute atomic E-state index is 13.3. The van der Waals surface area contributed by atoms with E-state index in [0.29, 0.717) is 11.4 Å². The van der Waals surface area contributed by atoms with E-state index < -0.39 is 17.0 Å². The zero-order chi connectivity index (χ0) is 26.6. The monoisotopic (exact) mass is 527 g/mol. The highest BCUT2D eigenvalue weighted by atomic mass is 32.2. The number of nitrogens with zero attached hydrogens (tertiary/aromatic N) is 2. The number of thioether (sulfide) groups is 1. The smallest absolute Gasteiger partial charge is 0.416 e. The Balaban J connectivity index is 1.64. The molecule has 192 valence electrons. The summed E-state index contributed by atoms with van der Waals surface area (Å²) in [6.07, 6.45) is -4.62. The molecule has 0 aromatic heterocycles. The van der Waals surface area contributed by atoms with E-state index >= 15 is 0 Å². The first kappa shape index (κ1) is 26.3. The summed E-state index contributed by atoms with van der Waals surface area (Å²) in [4.78, 5) is 32.0. The Morgan fingerprint density at radius 1 is 1.11 bits per heavy atom. The van der Waals surface area contributed by atoms with Crippen LogP contribution in [0.1, 0.15) is 23.1 Å². The van der Waals surface area contributed by atoms with Gasteiger partial charge in [0.05, 0.1) is 24.9 Å². The second-order valence-electron chi connectivity index (χ2n) is 8.44. The third kappa shape index (κ3) is 6.71. The minimum absolute atomic E-state index is 0.0320. The zero-order valence-corrected chi connectivity index (χ0v) is 20.9. The molecule has 1 atom stereocenters. The third-order valence-electron chi connectivity index (χ3n) is 5.62. The molecule has 1 heterocycles. The van der Waals surface area contributed by atoms with Crippen LogP contribution in [0.4, 0.5) is 24.5 Å².